The minimum absolute atomic E-state index is 1.13. The summed E-state index contributed by atoms with van der Waals surface area (Å²) in [6, 6.07) is 63.1. The molecule has 6 rings (SSSR count). The van der Waals surface area contributed by atoms with Crippen molar-refractivity contribution >= 4 is 12.2 Å². The Hall–Kier alpha value is -4.94. The zero-order chi connectivity index (χ0) is 28.9. The zero-order valence-corrected chi connectivity index (χ0v) is 24.3. The molecule has 0 aromatic heterocycles. The van der Waals surface area contributed by atoms with Crippen LogP contribution in [0.2, 0.25) is 0 Å². The number of aryl methyl sites for hydroxylation is 4. The lowest BCUT2D eigenvalue weighted by Crippen LogP contribution is -1.89. The highest BCUT2D eigenvalue weighted by Crippen LogP contribution is 2.08. The number of hydrogen-bond donors (Lipinski definition) is 0. The average Bonchev–Trinajstić information content (AvgIpc) is 3.09. The Bertz CT molecular complexity index is 1310. The Morgan fingerprint density at radius 2 is 0.429 bits per heavy atom. The van der Waals surface area contributed by atoms with Crippen LogP contribution in [0.3, 0.4) is 0 Å². The van der Waals surface area contributed by atoms with E-state index in [1.165, 1.54) is 33.4 Å². The molecule has 0 spiro atoms. The van der Waals surface area contributed by atoms with Gasteiger partial charge in [0, 0.05) is 0 Å². The van der Waals surface area contributed by atoms with Crippen molar-refractivity contribution in [3.05, 3.63) is 215 Å². The highest BCUT2D eigenvalue weighted by Gasteiger charge is 1.94. The van der Waals surface area contributed by atoms with Crippen LogP contribution in [0.15, 0.2) is 182 Å². The van der Waals surface area contributed by atoms with Gasteiger partial charge in [-0.1, -0.05) is 194 Å². The van der Waals surface area contributed by atoms with E-state index in [1.807, 2.05) is 36.4 Å². The fourth-order valence-electron chi connectivity index (χ4n) is 4.48. The smallest absolute Gasteiger partial charge is 0.0238 e. The molecule has 42 heavy (non-hydrogen) atoms. The Kier molecular flexibility index (Phi) is 13.2. The number of rotatable bonds is 8. The Balaban J connectivity index is 0.000000145. The molecule has 0 heterocycles. The van der Waals surface area contributed by atoms with Crippen molar-refractivity contribution in [3.8, 4) is 0 Å². The second kappa shape index (κ2) is 18.4. The van der Waals surface area contributed by atoms with Crippen molar-refractivity contribution in [1.29, 1.82) is 0 Å². The molecule has 0 fully saturated rings. The monoisotopic (exact) mass is 544 g/mol. The molecule has 0 amide bonds. The molecule has 0 saturated carbocycles. The summed E-state index contributed by atoms with van der Waals surface area (Å²) in [5, 5.41) is 0. The van der Waals surface area contributed by atoms with E-state index in [9.17, 15) is 0 Å². The van der Waals surface area contributed by atoms with Crippen molar-refractivity contribution in [2.45, 2.75) is 25.7 Å². The molecule has 0 nitrogen and oxygen atoms in total. The van der Waals surface area contributed by atoms with Gasteiger partial charge in [-0.25, -0.2) is 0 Å². The Morgan fingerprint density at radius 3 is 0.643 bits per heavy atom. The van der Waals surface area contributed by atoms with Crippen molar-refractivity contribution in [1.82, 2.24) is 0 Å². The number of hydrogen-bond acceptors (Lipinski definition) is 0. The molecule has 0 atom stereocenters. The first-order valence-electron chi connectivity index (χ1n) is 14.8. The van der Waals surface area contributed by atoms with E-state index in [0.29, 0.717) is 0 Å². The van der Waals surface area contributed by atoms with Crippen LogP contribution in [0.4, 0.5) is 0 Å². The molecule has 208 valence electrons. The van der Waals surface area contributed by atoms with Gasteiger partial charge < -0.3 is 0 Å². The van der Waals surface area contributed by atoms with Crippen molar-refractivity contribution < 1.29 is 0 Å². The molecule has 0 unspecified atom stereocenters. The van der Waals surface area contributed by atoms with Gasteiger partial charge in [0.2, 0.25) is 0 Å². The topological polar surface area (TPSA) is 0 Å². The quantitative estimate of drug-likeness (QED) is 0.167. The van der Waals surface area contributed by atoms with Crippen LogP contribution in [0.5, 0.6) is 0 Å². The molecule has 6 aromatic carbocycles. The summed E-state index contributed by atoms with van der Waals surface area (Å²) in [6.07, 6.45) is 8.76. The average molecular weight is 545 g/mol. The molecule has 0 radical (unpaired) electrons. The molecule has 0 aliphatic heterocycles. The first-order chi connectivity index (χ1) is 20.8. The van der Waals surface area contributed by atoms with Crippen LogP contribution < -0.4 is 0 Å². The minimum atomic E-state index is 1.13. The minimum Gasteiger partial charge on any atom is -0.0622 e. The summed E-state index contributed by atoms with van der Waals surface area (Å²) in [5.41, 5.74) is 8.12. The van der Waals surface area contributed by atoms with Gasteiger partial charge in [-0.2, -0.15) is 0 Å². The fourth-order valence-corrected chi connectivity index (χ4v) is 4.48. The van der Waals surface area contributed by atoms with Gasteiger partial charge in [0.05, 0.1) is 0 Å². The zero-order valence-electron chi connectivity index (χ0n) is 24.3. The van der Waals surface area contributed by atoms with Gasteiger partial charge in [0.15, 0.2) is 0 Å². The molecule has 0 aliphatic carbocycles. The summed E-state index contributed by atoms with van der Waals surface area (Å²) in [5.74, 6) is 0. The summed E-state index contributed by atoms with van der Waals surface area (Å²) in [4.78, 5) is 0. The SMILES string of the molecule is C(=C\c1ccccc1)/c1ccccc1.c1ccc(CCc2ccccc2)cc1.c1ccc(CCc2ccccc2)cc1. The van der Waals surface area contributed by atoms with Crippen molar-refractivity contribution in [2.75, 3.05) is 0 Å². The molecule has 0 heteroatoms. The fraction of sp³-hybridized carbons (Fsp3) is 0.0952. The lowest BCUT2D eigenvalue weighted by Gasteiger charge is -2.01. The van der Waals surface area contributed by atoms with Crippen LogP contribution in [0.25, 0.3) is 12.2 Å². The van der Waals surface area contributed by atoms with Gasteiger partial charge in [0.1, 0.15) is 0 Å². The molecule has 0 bridgehead atoms. The summed E-state index contributed by atoms with van der Waals surface area (Å²) in [7, 11) is 0. The standard InChI is InChI=1S/2C14H14.C14H12/c3*1-3-7-13(8-4-1)11-12-14-9-5-2-6-10-14/h2*1-10H,11-12H2;1-12H/b;;12-11+. The van der Waals surface area contributed by atoms with E-state index in [-0.39, 0.29) is 0 Å². The van der Waals surface area contributed by atoms with E-state index in [1.54, 1.807) is 0 Å². The molecule has 0 saturated heterocycles. The van der Waals surface area contributed by atoms with Crippen LogP contribution in [-0.4, -0.2) is 0 Å². The third kappa shape index (κ3) is 12.1. The van der Waals surface area contributed by atoms with E-state index in [4.69, 9.17) is 0 Å². The van der Waals surface area contributed by atoms with Crippen LogP contribution in [0.1, 0.15) is 33.4 Å². The maximum Gasteiger partial charge on any atom is -0.0238 e. The van der Waals surface area contributed by atoms with Gasteiger partial charge in [-0.05, 0) is 59.1 Å². The van der Waals surface area contributed by atoms with Crippen LogP contribution >= 0.6 is 0 Å². The number of benzene rings is 6. The summed E-state index contributed by atoms with van der Waals surface area (Å²) in [6.45, 7) is 0. The molecule has 6 aromatic rings. The predicted octanol–water partition coefficient (Wildman–Crippen LogP) is 10.8. The van der Waals surface area contributed by atoms with Gasteiger partial charge in [-0.15, -0.1) is 0 Å². The molecular weight excluding hydrogens is 504 g/mol. The Labute approximate surface area is 252 Å². The molecule has 0 N–H and O–H groups in total. The van der Waals surface area contributed by atoms with Crippen molar-refractivity contribution in [3.63, 3.8) is 0 Å². The van der Waals surface area contributed by atoms with E-state index >= 15 is 0 Å². The highest BCUT2D eigenvalue weighted by atomic mass is 14.0. The normalized spacial score (nSPS) is 10.2. The van der Waals surface area contributed by atoms with Crippen molar-refractivity contribution in [2.24, 2.45) is 0 Å². The lowest BCUT2D eigenvalue weighted by atomic mass is 10.0. The second-order valence-corrected chi connectivity index (χ2v) is 10.1. The van der Waals surface area contributed by atoms with Crippen LogP contribution in [0, 0.1) is 0 Å². The van der Waals surface area contributed by atoms with Gasteiger partial charge in [0.25, 0.3) is 0 Å². The second-order valence-electron chi connectivity index (χ2n) is 10.1. The predicted molar refractivity (Wildman–Crippen MR) is 182 cm³/mol. The first kappa shape index (κ1) is 30.0. The van der Waals surface area contributed by atoms with Crippen LogP contribution in [-0.2, 0) is 25.7 Å². The Morgan fingerprint density at radius 1 is 0.238 bits per heavy atom. The van der Waals surface area contributed by atoms with E-state index < -0.39 is 0 Å². The van der Waals surface area contributed by atoms with E-state index in [2.05, 4.69) is 158 Å². The lowest BCUT2D eigenvalue weighted by molar-refractivity contribution is 0.960. The van der Waals surface area contributed by atoms with Gasteiger partial charge >= 0.3 is 0 Å². The maximum atomic E-state index is 2.18. The summed E-state index contributed by atoms with van der Waals surface area (Å²) >= 11 is 0. The van der Waals surface area contributed by atoms with Gasteiger partial charge in [-0.3, -0.25) is 0 Å². The third-order valence-electron chi connectivity index (χ3n) is 6.84. The molecular formula is C42H40. The largest absolute Gasteiger partial charge is 0.0622 e. The first-order valence-corrected chi connectivity index (χ1v) is 14.8. The molecule has 0 aliphatic rings. The highest BCUT2D eigenvalue weighted by molar-refractivity contribution is 5.69. The van der Waals surface area contributed by atoms with E-state index in [0.717, 1.165) is 25.7 Å². The maximum absolute atomic E-state index is 2.18. The summed E-state index contributed by atoms with van der Waals surface area (Å²) < 4.78 is 0. The third-order valence-corrected chi connectivity index (χ3v) is 6.84.